The molecule has 0 aromatic heterocycles. The Morgan fingerprint density at radius 1 is 1.14 bits per heavy atom. The van der Waals surface area contributed by atoms with Gasteiger partial charge in [0.05, 0.1) is 12.0 Å². The summed E-state index contributed by atoms with van der Waals surface area (Å²) in [6.45, 7) is 5.01. The van der Waals surface area contributed by atoms with Gasteiger partial charge in [-0.05, 0) is 50.7 Å². The minimum absolute atomic E-state index is 0.0149. The van der Waals surface area contributed by atoms with Crippen LogP contribution in [0.3, 0.4) is 0 Å². The van der Waals surface area contributed by atoms with Crippen LogP contribution in [-0.4, -0.2) is 43.9 Å². The lowest BCUT2D eigenvalue weighted by Crippen LogP contribution is -2.38. The molecule has 0 radical (unpaired) electrons. The maximum Gasteiger partial charge on any atom is 0.227 e. The number of anilines is 1. The van der Waals surface area contributed by atoms with E-state index in [-0.39, 0.29) is 30.2 Å². The summed E-state index contributed by atoms with van der Waals surface area (Å²) in [7, 11) is 4.01. The Hall–Kier alpha value is -2.66. The third-order valence-corrected chi connectivity index (χ3v) is 5.64. The number of likely N-dealkylation sites (N-methyl/N-ethyl adjacent to an activating group) is 1. The lowest BCUT2D eigenvalue weighted by Gasteiger charge is -2.26. The fourth-order valence-electron chi connectivity index (χ4n) is 3.76. The number of nitrogens with zero attached hydrogens (tertiary/aromatic N) is 2. The van der Waals surface area contributed by atoms with Crippen LogP contribution in [0.5, 0.6) is 0 Å². The van der Waals surface area contributed by atoms with Crippen LogP contribution in [0, 0.1) is 19.8 Å². The summed E-state index contributed by atoms with van der Waals surface area (Å²) >= 11 is 0. The van der Waals surface area contributed by atoms with E-state index in [0.29, 0.717) is 13.1 Å². The molecular formula is C23H29N3O2. The third kappa shape index (κ3) is 4.25. The minimum atomic E-state index is -0.314. The molecule has 1 N–H and O–H groups in total. The lowest BCUT2D eigenvalue weighted by atomic mass is 10.0. The van der Waals surface area contributed by atoms with Crippen LogP contribution >= 0.6 is 0 Å². The fourth-order valence-corrected chi connectivity index (χ4v) is 3.76. The summed E-state index contributed by atoms with van der Waals surface area (Å²) in [5.41, 5.74) is 4.31. The molecule has 0 saturated carbocycles. The fraction of sp³-hybridized carbons (Fsp3) is 0.391. The zero-order valence-electron chi connectivity index (χ0n) is 17.1. The smallest absolute Gasteiger partial charge is 0.227 e. The van der Waals surface area contributed by atoms with Crippen LogP contribution in [0.2, 0.25) is 0 Å². The van der Waals surface area contributed by atoms with Crippen molar-refractivity contribution < 1.29 is 9.59 Å². The van der Waals surface area contributed by atoms with E-state index >= 15 is 0 Å². The van der Waals surface area contributed by atoms with Gasteiger partial charge >= 0.3 is 0 Å². The second kappa shape index (κ2) is 8.57. The Morgan fingerprint density at radius 2 is 1.86 bits per heavy atom. The number of hydrogen-bond donors (Lipinski definition) is 1. The summed E-state index contributed by atoms with van der Waals surface area (Å²) in [5.74, 6) is -0.351. The van der Waals surface area contributed by atoms with Gasteiger partial charge in [-0.15, -0.1) is 0 Å². The number of carbonyl (C=O) groups is 2. The number of carbonyl (C=O) groups excluding carboxylic acids is 2. The lowest BCUT2D eigenvalue weighted by molar-refractivity contribution is -0.126. The van der Waals surface area contributed by atoms with Gasteiger partial charge in [-0.3, -0.25) is 9.59 Å². The van der Waals surface area contributed by atoms with Gasteiger partial charge in [0.1, 0.15) is 0 Å². The second-order valence-corrected chi connectivity index (χ2v) is 7.76. The second-order valence-electron chi connectivity index (χ2n) is 7.76. The molecule has 0 aliphatic carbocycles. The van der Waals surface area contributed by atoms with Gasteiger partial charge in [-0.2, -0.15) is 0 Å². The Labute approximate surface area is 167 Å². The van der Waals surface area contributed by atoms with E-state index in [4.69, 9.17) is 0 Å². The Bertz CT molecular complexity index is 848. The molecule has 5 nitrogen and oxygen atoms in total. The number of benzene rings is 2. The number of amides is 2. The molecule has 5 heteroatoms. The maximum atomic E-state index is 12.8. The van der Waals surface area contributed by atoms with E-state index in [1.165, 1.54) is 0 Å². The number of rotatable bonds is 6. The van der Waals surface area contributed by atoms with E-state index in [1.54, 1.807) is 4.90 Å². The monoisotopic (exact) mass is 379 g/mol. The van der Waals surface area contributed by atoms with E-state index in [9.17, 15) is 9.59 Å². The normalized spacial score (nSPS) is 17.8. The van der Waals surface area contributed by atoms with E-state index in [0.717, 1.165) is 22.4 Å². The first-order valence-corrected chi connectivity index (χ1v) is 9.74. The Kier molecular flexibility index (Phi) is 6.15. The Morgan fingerprint density at radius 3 is 2.54 bits per heavy atom. The van der Waals surface area contributed by atoms with Crippen LogP contribution in [0.15, 0.2) is 48.5 Å². The van der Waals surface area contributed by atoms with Crippen molar-refractivity contribution in [3.8, 4) is 0 Å². The van der Waals surface area contributed by atoms with Crippen LogP contribution in [-0.2, 0) is 9.59 Å². The Balaban J connectivity index is 1.65. The van der Waals surface area contributed by atoms with Crippen molar-refractivity contribution in [1.82, 2.24) is 10.2 Å². The average Bonchev–Trinajstić information content (AvgIpc) is 3.06. The van der Waals surface area contributed by atoms with Gasteiger partial charge in [0.2, 0.25) is 11.8 Å². The SMILES string of the molecule is Cc1cccc(N2CC(C(=O)NCC(c3ccccc3)N(C)C)CC2=O)c1C. The predicted molar refractivity (Wildman–Crippen MR) is 112 cm³/mol. The van der Waals surface area contributed by atoms with Crippen LogP contribution in [0.4, 0.5) is 5.69 Å². The van der Waals surface area contributed by atoms with Gasteiger partial charge in [-0.25, -0.2) is 0 Å². The largest absolute Gasteiger partial charge is 0.354 e. The maximum absolute atomic E-state index is 12.8. The first-order chi connectivity index (χ1) is 13.4. The summed E-state index contributed by atoms with van der Waals surface area (Å²) in [6.07, 6.45) is 0.261. The van der Waals surface area contributed by atoms with Crippen molar-refractivity contribution in [2.45, 2.75) is 26.3 Å². The third-order valence-electron chi connectivity index (χ3n) is 5.64. The molecule has 1 aliphatic heterocycles. The van der Waals surface area contributed by atoms with E-state index in [1.807, 2.05) is 64.3 Å². The zero-order chi connectivity index (χ0) is 20.3. The summed E-state index contributed by atoms with van der Waals surface area (Å²) in [6, 6.07) is 16.2. The predicted octanol–water partition coefficient (Wildman–Crippen LogP) is 3.08. The quantitative estimate of drug-likeness (QED) is 0.839. The highest BCUT2D eigenvalue weighted by Crippen LogP contribution is 2.29. The number of aryl methyl sites for hydroxylation is 1. The molecule has 2 aromatic carbocycles. The number of nitrogens with one attached hydrogen (secondary N) is 1. The highest BCUT2D eigenvalue weighted by Gasteiger charge is 2.36. The van der Waals surface area contributed by atoms with E-state index in [2.05, 4.69) is 22.3 Å². The molecule has 28 heavy (non-hydrogen) atoms. The average molecular weight is 380 g/mol. The molecule has 0 spiro atoms. The van der Waals surface area contributed by atoms with Crippen molar-refractivity contribution in [3.63, 3.8) is 0 Å². The van der Waals surface area contributed by atoms with Crippen LogP contribution in [0.25, 0.3) is 0 Å². The van der Waals surface area contributed by atoms with Gasteiger partial charge < -0.3 is 15.1 Å². The van der Waals surface area contributed by atoms with Gasteiger partial charge in [0.15, 0.2) is 0 Å². The van der Waals surface area contributed by atoms with Crippen molar-refractivity contribution >= 4 is 17.5 Å². The van der Waals surface area contributed by atoms with Crippen LogP contribution in [0.1, 0.15) is 29.2 Å². The molecule has 1 heterocycles. The molecular weight excluding hydrogens is 350 g/mol. The van der Waals surface area contributed by atoms with Gasteiger partial charge in [-0.1, -0.05) is 42.5 Å². The molecule has 148 valence electrons. The van der Waals surface area contributed by atoms with Crippen LogP contribution < -0.4 is 10.2 Å². The molecule has 2 amide bonds. The molecule has 1 saturated heterocycles. The zero-order valence-corrected chi connectivity index (χ0v) is 17.1. The summed E-state index contributed by atoms with van der Waals surface area (Å²) in [5, 5.41) is 3.06. The number of hydrogen-bond acceptors (Lipinski definition) is 3. The molecule has 1 aliphatic rings. The summed E-state index contributed by atoms with van der Waals surface area (Å²) in [4.78, 5) is 29.2. The molecule has 0 bridgehead atoms. The molecule has 2 atom stereocenters. The first-order valence-electron chi connectivity index (χ1n) is 9.74. The van der Waals surface area contributed by atoms with E-state index < -0.39 is 0 Å². The topological polar surface area (TPSA) is 52.7 Å². The van der Waals surface area contributed by atoms with Crippen molar-refractivity contribution in [2.24, 2.45) is 5.92 Å². The van der Waals surface area contributed by atoms with Crippen molar-refractivity contribution in [3.05, 3.63) is 65.2 Å². The van der Waals surface area contributed by atoms with Gasteiger partial charge in [0, 0.05) is 25.2 Å². The highest BCUT2D eigenvalue weighted by atomic mass is 16.2. The molecule has 3 rings (SSSR count). The van der Waals surface area contributed by atoms with Crippen molar-refractivity contribution in [2.75, 3.05) is 32.1 Å². The first kappa shape index (κ1) is 20.1. The molecule has 1 fully saturated rings. The molecule has 2 unspecified atom stereocenters. The minimum Gasteiger partial charge on any atom is -0.354 e. The van der Waals surface area contributed by atoms with Crippen molar-refractivity contribution in [1.29, 1.82) is 0 Å². The standard InChI is InChI=1S/C23H29N3O2/c1-16-9-8-12-20(17(16)2)26-15-19(13-22(26)27)23(28)24-14-21(25(3)4)18-10-6-5-7-11-18/h5-12,19,21H,13-15H2,1-4H3,(H,24,28). The van der Waals surface area contributed by atoms with Gasteiger partial charge in [0.25, 0.3) is 0 Å². The molecule has 2 aromatic rings. The highest BCUT2D eigenvalue weighted by molar-refractivity contribution is 6.00. The summed E-state index contributed by atoms with van der Waals surface area (Å²) < 4.78 is 0.